The summed E-state index contributed by atoms with van der Waals surface area (Å²) in [6.07, 6.45) is 5.90. The van der Waals surface area contributed by atoms with Gasteiger partial charge in [-0.3, -0.25) is 0 Å². The van der Waals surface area contributed by atoms with Crippen molar-refractivity contribution >= 4 is 0 Å². The smallest absolute Gasteiger partial charge is 0.0621 e. The fourth-order valence-corrected chi connectivity index (χ4v) is 1.28. The van der Waals surface area contributed by atoms with E-state index in [4.69, 9.17) is 5.26 Å². The average molecular weight is 123 g/mol. The third kappa shape index (κ3) is 1.45. The van der Waals surface area contributed by atoms with Crippen molar-refractivity contribution in [3.63, 3.8) is 0 Å². The van der Waals surface area contributed by atoms with E-state index in [2.05, 4.69) is 13.0 Å². The molecule has 0 aliphatic heterocycles. The van der Waals surface area contributed by atoms with Crippen LogP contribution in [0.3, 0.4) is 0 Å². The molecule has 0 heterocycles. The molecule has 1 rings (SSSR count). The van der Waals surface area contributed by atoms with Gasteiger partial charge in [0.05, 0.1) is 6.07 Å². The van der Waals surface area contributed by atoms with Crippen molar-refractivity contribution in [3.8, 4) is 6.07 Å². The summed E-state index contributed by atoms with van der Waals surface area (Å²) in [5, 5.41) is 8.30. The first kappa shape index (κ1) is 6.61. The van der Waals surface area contributed by atoms with Gasteiger partial charge >= 0.3 is 0 Å². The Morgan fingerprint density at radius 3 is 2.56 bits per heavy atom. The maximum Gasteiger partial charge on any atom is 0.0621 e. The summed E-state index contributed by atoms with van der Waals surface area (Å²) in [5.41, 5.74) is 0.621. The van der Waals surface area contributed by atoms with Crippen LogP contribution in [0.15, 0.2) is 0 Å². The molecule has 0 bridgehead atoms. The van der Waals surface area contributed by atoms with Crippen LogP contribution in [0.1, 0.15) is 39.0 Å². The maximum absolute atomic E-state index is 8.30. The Hall–Kier alpha value is -0.510. The van der Waals surface area contributed by atoms with E-state index in [9.17, 15) is 0 Å². The number of rotatable bonds is 3. The third-order valence-corrected chi connectivity index (χ3v) is 2.47. The SMILES string of the molecule is CCC1(CCC#N)CC1. The second-order valence-corrected chi connectivity index (χ2v) is 3.01. The van der Waals surface area contributed by atoms with Crippen molar-refractivity contribution in [1.29, 1.82) is 5.26 Å². The Morgan fingerprint density at radius 2 is 2.22 bits per heavy atom. The monoisotopic (exact) mass is 123 g/mol. The molecule has 9 heavy (non-hydrogen) atoms. The van der Waals surface area contributed by atoms with E-state index in [0.29, 0.717) is 5.41 Å². The van der Waals surface area contributed by atoms with Crippen LogP contribution in [0.25, 0.3) is 0 Å². The average Bonchev–Trinajstić information content (AvgIpc) is 2.65. The highest BCUT2D eigenvalue weighted by Crippen LogP contribution is 2.52. The molecule has 0 N–H and O–H groups in total. The van der Waals surface area contributed by atoms with Crippen LogP contribution < -0.4 is 0 Å². The first-order valence-electron chi connectivity index (χ1n) is 3.70. The fourth-order valence-electron chi connectivity index (χ4n) is 1.28. The van der Waals surface area contributed by atoms with Crippen LogP contribution in [0, 0.1) is 16.7 Å². The minimum Gasteiger partial charge on any atom is -0.198 e. The lowest BCUT2D eigenvalue weighted by atomic mass is 9.98. The summed E-state index contributed by atoms with van der Waals surface area (Å²) < 4.78 is 0. The number of hydrogen-bond donors (Lipinski definition) is 0. The van der Waals surface area contributed by atoms with Crippen LogP contribution in [-0.2, 0) is 0 Å². The lowest BCUT2D eigenvalue weighted by Gasteiger charge is -2.06. The summed E-state index contributed by atoms with van der Waals surface area (Å²) >= 11 is 0. The molecule has 0 aromatic carbocycles. The molecule has 1 heteroatoms. The summed E-state index contributed by atoms with van der Waals surface area (Å²) in [4.78, 5) is 0. The quantitative estimate of drug-likeness (QED) is 0.565. The van der Waals surface area contributed by atoms with Gasteiger partial charge in [0.15, 0.2) is 0 Å². The van der Waals surface area contributed by atoms with Crippen molar-refractivity contribution in [2.75, 3.05) is 0 Å². The van der Waals surface area contributed by atoms with Crippen molar-refractivity contribution in [1.82, 2.24) is 0 Å². The van der Waals surface area contributed by atoms with Gasteiger partial charge in [-0.25, -0.2) is 0 Å². The molecule has 0 amide bonds. The van der Waals surface area contributed by atoms with Crippen LogP contribution in [0.5, 0.6) is 0 Å². The molecule has 1 aliphatic rings. The van der Waals surface area contributed by atoms with Crippen LogP contribution in [0.4, 0.5) is 0 Å². The molecule has 0 aromatic rings. The minimum atomic E-state index is 0.621. The molecular weight excluding hydrogens is 110 g/mol. The van der Waals surface area contributed by atoms with E-state index in [1.807, 2.05) is 0 Å². The van der Waals surface area contributed by atoms with E-state index in [0.717, 1.165) is 12.8 Å². The molecule has 0 atom stereocenters. The highest BCUT2D eigenvalue weighted by atomic mass is 14.4. The molecular formula is C8H13N. The second kappa shape index (κ2) is 2.39. The topological polar surface area (TPSA) is 23.8 Å². The zero-order chi connectivity index (χ0) is 6.74. The summed E-state index contributed by atoms with van der Waals surface area (Å²) in [5.74, 6) is 0. The summed E-state index contributed by atoms with van der Waals surface area (Å²) in [7, 11) is 0. The standard InChI is InChI=1S/C8H13N/c1-2-8(5-6-8)4-3-7-9/h2-6H2,1H3. The molecule has 0 spiro atoms. The Labute approximate surface area is 56.7 Å². The normalized spacial score (nSPS) is 20.9. The molecule has 1 aliphatic carbocycles. The molecule has 0 radical (unpaired) electrons. The van der Waals surface area contributed by atoms with Gasteiger partial charge in [-0.1, -0.05) is 13.3 Å². The van der Waals surface area contributed by atoms with Gasteiger partial charge in [-0.2, -0.15) is 5.26 Å². The van der Waals surface area contributed by atoms with Crippen LogP contribution >= 0.6 is 0 Å². The minimum absolute atomic E-state index is 0.621. The molecule has 0 saturated heterocycles. The third-order valence-electron chi connectivity index (χ3n) is 2.47. The Morgan fingerprint density at radius 1 is 1.56 bits per heavy atom. The lowest BCUT2D eigenvalue weighted by Crippen LogP contribution is -1.95. The molecule has 0 unspecified atom stereocenters. The Balaban J connectivity index is 2.19. The number of nitrogens with zero attached hydrogens (tertiary/aromatic N) is 1. The van der Waals surface area contributed by atoms with Gasteiger partial charge < -0.3 is 0 Å². The molecule has 1 saturated carbocycles. The van der Waals surface area contributed by atoms with E-state index < -0.39 is 0 Å². The Kier molecular flexibility index (Phi) is 1.75. The van der Waals surface area contributed by atoms with Crippen LogP contribution in [0.2, 0.25) is 0 Å². The first-order chi connectivity index (χ1) is 4.33. The lowest BCUT2D eigenvalue weighted by molar-refractivity contribution is 0.456. The van der Waals surface area contributed by atoms with E-state index in [1.54, 1.807) is 0 Å². The van der Waals surface area contributed by atoms with E-state index in [1.165, 1.54) is 19.3 Å². The van der Waals surface area contributed by atoms with Crippen molar-refractivity contribution in [2.45, 2.75) is 39.0 Å². The zero-order valence-electron chi connectivity index (χ0n) is 5.98. The predicted octanol–water partition coefficient (Wildman–Crippen LogP) is 2.48. The summed E-state index contributed by atoms with van der Waals surface area (Å²) in [6, 6.07) is 2.20. The fraction of sp³-hybridized carbons (Fsp3) is 0.875. The molecule has 0 aromatic heterocycles. The van der Waals surface area contributed by atoms with Gasteiger partial charge in [-0.05, 0) is 24.7 Å². The highest BCUT2D eigenvalue weighted by molar-refractivity contribution is 4.93. The Bertz CT molecular complexity index is 128. The molecule has 1 fully saturated rings. The highest BCUT2D eigenvalue weighted by Gasteiger charge is 2.39. The van der Waals surface area contributed by atoms with E-state index in [-0.39, 0.29) is 0 Å². The summed E-state index contributed by atoms with van der Waals surface area (Å²) in [6.45, 7) is 2.23. The van der Waals surface area contributed by atoms with Gasteiger partial charge in [0.25, 0.3) is 0 Å². The van der Waals surface area contributed by atoms with Gasteiger partial charge in [0, 0.05) is 6.42 Å². The van der Waals surface area contributed by atoms with Crippen molar-refractivity contribution in [3.05, 3.63) is 0 Å². The first-order valence-corrected chi connectivity index (χ1v) is 3.70. The van der Waals surface area contributed by atoms with Crippen molar-refractivity contribution in [2.24, 2.45) is 5.41 Å². The van der Waals surface area contributed by atoms with Gasteiger partial charge in [0.2, 0.25) is 0 Å². The van der Waals surface area contributed by atoms with Crippen molar-refractivity contribution < 1.29 is 0 Å². The molecule has 50 valence electrons. The molecule has 1 nitrogen and oxygen atoms in total. The zero-order valence-corrected chi connectivity index (χ0v) is 5.98. The number of nitriles is 1. The predicted molar refractivity (Wildman–Crippen MR) is 36.8 cm³/mol. The largest absolute Gasteiger partial charge is 0.198 e. The number of hydrogen-bond acceptors (Lipinski definition) is 1. The van der Waals surface area contributed by atoms with Crippen LogP contribution in [-0.4, -0.2) is 0 Å². The maximum atomic E-state index is 8.30. The second-order valence-electron chi connectivity index (χ2n) is 3.01. The van der Waals surface area contributed by atoms with E-state index >= 15 is 0 Å². The van der Waals surface area contributed by atoms with Gasteiger partial charge in [0.1, 0.15) is 0 Å². The van der Waals surface area contributed by atoms with Gasteiger partial charge in [-0.15, -0.1) is 0 Å².